The van der Waals surface area contributed by atoms with E-state index in [4.69, 9.17) is 5.73 Å². The van der Waals surface area contributed by atoms with Gasteiger partial charge in [0.25, 0.3) is 0 Å². The molecule has 0 fully saturated rings. The maximum absolute atomic E-state index is 6.06. The molecule has 2 heterocycles. The number of nitrogens with one attached hydrogen (secondary N) is 1. The minimum Gasteiger partial charge on any atom is -0.394 e. The molecule has 0 spiro atoms. The lowest BCUT2D eigenvalue weighted by Gasteiger charge is -2.24. The van der Waals surface area contributed by atoms with E-state index in [1.165, 1.54) is 0 Å². The van der Waals surface area contributed by atoms with Gasteiger partial charge in [0.15, 0.2) is 5.82 Å². The number of anilines is 2. The van der Waals surface area contributed by atoms with Gasteiger partial charge in [-0.05, 0) is 32.4 Å². The van der Waals surface area contributed by atoms with Crippen molar-refractivity contribution in [2.45, 2.75) is 32.7 Å². The lowest BCUT2D eigenvalue weighted by Crippen LogP contribution is -2.30. The predicted octanol–water partition coefficient (Wildman–Crippen LogP) is 2.52. The monoisotopic (exact) mass is 218 g/mol. The normalized spacial score (nSPS) is 11.9. The first kappa shape index (κ1) is 10.8. The third-order valence-electron chi connectivity index (χ3n) is 2.92. The van der Waals surface area contributed by atoms with Crippen molar-refractivity contribution in [1.29, 1.82) is 0 Å². The average Bonchev–Trinajstić information content (AvgIpc) is 2.56. The van der Waals surface area contributed by atoms with Gasteiger partial charge in [0, 0.05) is 11.7 Å². The van der Waals surface area contributed by atoms with Crippen molar-refractivity contribution in [3.8, 4) is 0 Å². The molecular formula is C12H18N4. The van der Waals surface area contributed by atoms with Crippen molar-refractivity contribution in [2.24, 2.45) is 0 Å². The summed E-state index contributed by atoms with van der Waals surface area (Å²) in [4.78, 5) is 0. The summed E-state index contributed by atoms with van der Waals surface area (Å²) in [5.41, 5.74) is 7.71. The summed E-state index contributed by atoms with van der Waals surface area (Å²) < 4.78 is 1.80. The second-order valence-electron chi connectivity index (χ2n) is 4.66. The zero-order chi connectivity index (χ0) is 11.8. The van der Waals surface area contributed by atoms with Crippen molar-refractivity contribution in [3.05, 3.63) is 24.4 Å². The number of rotatable bonds is 3. The Morgan fingerprint density at radius 1 is 1.44 bits per heavy atom. The molecule has 0 saturated heterocycles. The van der Waals surface area contributed by atoms with Crippen LogP contribution >= 0.6 is 0 Å². The molecule has 0 atom stereocenters. The molecule has 0 saturated carbocycles. The Morgan fingerprint density at radius 2 is 2.19 bits per heavy atom. The Kier molecular flexibility index (Phi) is 2.50. The quantitative estimate of drug-likeness (QED) is 0.832. The van der Waals surface area contributed by atoms with E-state index in [0.29, 0.717) is 5.69 Å². The Balaban J connectivity index is 2.42. The van der Waals surface area contributed by atoms with Crippen LogP contribution in [0.4, 0.5) is 11.5 Å². The average molecular weight is 218 g/mol. The highest BCUT2D eigenvalue weighted by atomic mass is 15.3. The van der Waals surface area contributed by atoms with Crippen LogP contribution < -0.4 is 11.1 Å². The molecule has 86 valence electrons. The fraction of sp³-hybridized carbons (Fsp3) is 0.417. The van der Waals surface area contributed by atoms with Crippen LogP contribution in [0, 0.1) is 0 Å². The van der Waals surface area contributed by atoms with E-state index in [1.54, 1.807) is 4.52 Å². The number of fused-ring (bicyclic) bond motifs is 1. The van der Waals surface area contributed by atoms with E-state index in [2.05, 4.69) is 31.2 Å². The first-order valence-electron chi connectivity index (χ1n) is 5.54. The molecule has 2 aromatic heterocycles. The first-order chi connectivity index (χ1) is 7.53. The molecule has 4 heteroatoms. The second-order valence-corrected chi connectivity index (χ2v) is 4.66. The highest BCUT2D eigenvalue weighted by Gasteiger charge is 2.18. The molecule has 0 aliphatic heterocycles. The minimum absolute atomic E-state index is 0.00601. The van der Waals surface area contributed by atoms with Crippen LogP contribution in [-0.2, 0) is 0 Å². The molecule has 0 aliphatic rings. The summed E-state index contributed by atoms with van der Waals surface area (Å²) in [5.74, 6) is 0.762. The zero-order valence-electron chi connectivity index (χ0n) is 9.99. The number of aromatic nitrogens is 2. The highest BCUT2D eigenvalue weighted by molar-refractivity contribution is 5.80. The van der Waals surface area contributed by atoms with Gasteiger partial charge in [-0.15, -0.1) is 5.10 Å². The Morgan fingerprint density at radius 3 is 2.81 bits per heavy atom. The van der Waals surface area contributed by atoms with Crippen molar-refractivity contribution in [3.63, 3.8) is 0 Å². The van der Waals surface area contributed by atoms with Gasteiger partial charge < -0.3 is 11.1 Å². The van der Waals surface area contributed by atoms with Gasteiger partial charge in [-0.3, -0.25) is 0 Å². The third kappa shape index (κ3) is 1.83. The smallest absolute Gasteiger partial charge is 0.172 e. The number of hydrogen-bond donors (Lipinski definition) is 2. The van der Waals surface area contributed by atoms with Gasteiger partial charge in [0.1, 0.15) is 5.69 Å². The third-order valence-corrected chi connectivity index (χ3v) is 2.92. The number of nitrogen functional groups attached to an aromatic ring is 1. The van der Waals surface area contributed by atoms with Crippen molar-refractivity contribution >= 4 is 17.0 Å². The molecule has 4 nitrogen and oxygen atoms in total. The molecule has 0 amide bonds. The standard InChI is InChI=1S/C12H18N4/c1-4-12(2,3)14-11-10(13)9-7-5-6-8-16(9)15-11/h5-8H,4,13H2,1-3H3,(H,14,15). The molecule has 0 aromatic carbocycles. The van der Waals surface area contributed by atoms with E-state index in [-0.39, 0.29) is 5.54 Å². The van der Waals surface area contributed by atoms with E-state index in [1.807, 2.05) is 24.4 Å². The van der Waals surface area contributed by atoms with Crippen LogP contribution in [-0.4, -0.2) is 15.2 Å². The van der Waals surface area contributed by atoms with Crippen LogP contribution in [0.1, 0.15) is 27.2 Å². The fourth-order valence-electron chi connectivity index (χ4n) is 1.52. The SMILES string of the molecule is CCC(C)(C)Nc1nn2ccccc2c1N. The van der Waals surface area contributed by atoms with Gasteiger partial charge in [-0.1, -0.05) is 13.0 Å². The Labute approximate surface area is 95.5 Å². The molecular weight excluding hydrogens is 200 g/mol. The molecule has 3 N–H and O–H groups in total. The summed E-state index contributed by atoms with van der Waals surface area (Å²) in [5, 5.41) is 7.79. The number of nitrogens with zero attached hydrogens (tertiary/aromatic N) is 2. The fourth-order valence-corrected chi connectivity index (χ4v) is 1.52. The van der Waals surface area contributed by atoms with Crippen LogP contribution in [0.15, 0.2) is 24.4 Å². The lowest BCUT2D eigenvalue weighted by molar-refractivity contribution is 0.544. The summed E-state index contributed by atoms with van der Waals surface area (Å²) >= 11 is 0. The van der Waals surface area contributed by atoms with Crippen molar-refractivity contribution in [1.82, 2.24) is 9.61 Å². The summed E-state index contributed by atoms with van der Waals surface area (Å²) in [6, 6.07) is 5.86. The molecule has 0 bridgehead atoms. The lowest BCUT2D eigenvalue weighted by atomic mass is 10.0. The number of pyridine rings is 1. The largest absolute Gasteiger partial charge is 0.394 e. The molecule has 0 unspecified atom stereocenters. The van der Waals surface area contributed by atoms with Gasteiger partial charge >= 0.3 is 0 Å². The predicted molar refractivity (Wildman–Crippen MR) is 67.6 cm³/mol. The molecule has 16 heavy (non-hydrogen) atoms. The summed E-state index contributed by atoms with van der Waals surface area (Å²) in [7, 11) is 0. The summed E-state index contributed by atoms with van der Waals surface area (Å²) in [6.07, 6.45) is 2.91. The van der Waals surface area contributed by atoms with Crippen LogP contribution in [0.2, 0.25) is 0 Å². The maximum atomic E-state index is 6.06. The van der Waals surface area contributed by atoms with Gasteiger partial charge in [0.05, 0.1) is 5.52 Å². The van der Waals surface area contributed by atoms with Gasteiger partial charge in [-0.2, -0.15) is 0 Å². The minimum atomic E-state index is 0.00601. The number of nitrogens with two attached hydrogens (primary N) is 1. The van der Waals surface area contributed by atoms with E-state index < -0.39 is 0 Å². The Hall–Kier alpha value is -1.71. The molecule has 2 aromatic rings. The van der Waals surface area contributed by atoms with Crippen LogP contribution in [0.5, 0.6) is 0 Å². The molecule has 0 radical (unpaired) electrons. The topological polar surface area (TPSA) is 55.4 Å². The van der Waals surface area contributed by atoms with E-state index in [9.17, 15) is 0 Å². The maximum Gasteiger partial charge on any atom is 0.172 e. The first-order valence-corrected chi connectivity index (χ1v) is 5.54. The Bertz CT molecular complexity index is 499. The van der Waals surface area contributed by atoms with Gasteiger partial charge in [-0.25, -0.2) is 4.52 Å². The zero-order valence-corrected chi connectivity index (χ0v) is 9.99. The highest BCUT2D eigenvalue weighted by Crippen LogP contribution is 2.26. The van der Waals surface area contributed by atoms with Crippen molar-refractivity contribution < 1.29 is 0 Å². The van der Waals surface area contributed by atoms with Crippen LogP contribution in [0.25, 0.3) is 5.52 Å². The molecule has 0 aliphatic carbocycles. The summed E-state index contributed by atoms with van der Waals surface area (Å²) in [6.45, 7) is 6.41. The second kappa shape index (κ2) is 3.70. The van der Waals surface area contributed by atoms with Crippen LogP contribution in [0.3, 0.4) is 0 Å². The van der Waals surface area contributed by atoms with E-state index in [0.717, 1.165) is 17.8 Å². The number of hydrogen-bond acceptors (Lipinski definition) is 3. The van der Waals surface area contributed by atoms with E-state index >= 15 is 0 Å². The van der Waals surface area contributed by atoms with Gasteiger partial charge in [0.2, 0.25) is 0 Å². The molecule has 2 rings (SSSR count). The van der Waals surface area contributed by atoms with Crippen molar-refractivity contribution in [2.75, 3.05) is 11.1 Å².